The average molecular weight is 539 g/mol. The summed E-state index contributed by atoms with van der Waals surface area (Å²) in [6.45, 7) is 7.19. The summed E-state index contributed by atoms with van der Waals surface area (Å²) in [5.41, 5.74) is -1.65. The van der Waals surface area contributed by atoms with E-state index in [4.69, 9.17) is 4.74 Å². The molecule has 0 bridgehead atoms. The first-order chi connectivity index (χ1) is 17.2. The van der Waals surface area contributed by atoms with E-state index < -0.39 is 62.2 Å². The molecule has 0 radical (unpaired) electrons. The van der Waals surface area contributed by atoms with Crippen LogP contribution in [0.3, 0.4) is 0 Å². The molecule has 0 aliphatic carbocycles. The lowest BCUT2D eigenvalue weighted by molar-refractivity contribution is -0.121. The first-order valence-corrected chi connectivity index (χ1v) is 13.8. The molecular formula is C26H29F3N2O5S. The molecule has 1 fully saturated rings. The van der Waals surface area contributed by atoms with Crippen molar-refractivity contribution in [2.24, 2.45) is 5.41 Å². The third-order valence-electron chi connectivity index (χ3n) is 7.42. The number of benzene rings is 1. The van der Waals surface area contributed by atoms with E-state index in [1.54, 1.807) is 40.0 Å². The number of ketones is 1. The van der Waals surface area contributed by atoms with E-state index in [0.717, 1.165) is 6.07 Å². The molecule has 2 aliphatic heterocycles. The zero-order valence-corrected chi connectivity index (χ0v) is 21.9. The zero-order chi connectivity index (χ0) is 27.3. The third kappa shape index (κ3) is 4.73. The highest BCUT2D eigenvalue weighted by Gasteiger charge is 2.48. The van der Waals surface area contributed by atoms with Crippen molar-refractivity contribution in [2.45, 2.75) is 58.8 Å². The number of nitrogens with zero attached hydrogens (tertiary/aromatic N) is 2. The number of halogens is 3. The van der Waals surface area contributed by atoms with E-state index in [1.165, 1.54) is 11.0 Å². The van der Waals surface area contributed by atoms with Crippen LogP contribution in [0, 0.1) is 18.2 Å². The number of aromatic nitrogens is 1. The standard InChI is InChI=1S/C26H29F3N2O5S/c1-5-36-22-12-19(15(2)14-30-22)31-20-11-18(27)16(10-17(20)25(3,4)24(31)33)21(32)13-26(23(28)29)6-8-37(34,35)9-7-26/h10-12,14,23H,5-9,13H2,1-4H3. The van der Waals surface area contributed by atoms with Crippen LogP contribution in [0.2, 0.25) is 0 Å². The summed E-state index contributed by atoms with van der Waals surface area (Å²) >= 11 is 0. The molecule has 3 heterocycles. The minimum absolute atomic E-state index is 0.244. The smallest absolute Gasteiger partial charge is 0.244 e. The van der Waals surface area contributed by atoms with Crippen molar-refractivity contribution in [3.63, 3.8) is 0 Å². The number of anilines is 2. The Labute approximate surface area is 213 Å². The van der Waals surface area contributed by atoms with Gasteiger partial charge in [-0.15, -0.1) is 0 Å². The van der Waals surface area contributed by atoms with Gasteiger partial charge in [0.05, 0.1) is 40.5 Å². The van der Waals surface area contributed by atoms with Crippen molar-refractivity contribution in [1.29, 1.82) is 0 Å². The van der Waals surface area contributed by atoms with Gasteiger partial charge in [0, 0.05) is 24.1 Å². The molecule has 11 heteroatoms. The fraction of sp³-hybridized carbons (Fsp3) is 0.500. The van der Waals surface area contributed by atoms with Crippen LogP contribution in [0.5, 0.6) is 5.88 Å². The van der Waals surface area contributed by atoms with Gasteiger partial charge >= 0.3 is 0 Å². The highest BCUT2D eigenvalue weighted by molar-refractivity contribution is 7.91. The van der Waals surface area contributed by atoms with Crippen molar-refractivity contribution in [3.05, 3.63) is 46.9 Å². The third-order valence-corrected chi connectivity index (χ3v) is 9.07. The first kappa shape index (κ1) is 27.1. The molecule has 1 aromatic carbocycles. The maximum Gasteiger partial charge on any atom is 0.244 e. The summed E-state index contributed by atoms with van der Waals surface area (Å²) < 4.78 is 72.5. The fourth-order valence-electron chi connectivity index (χ4n) is 5.00. The molecule has 1 amide bonds. The fourth-order valence-corrected chi connectivity index (χ4v) is 6.64. The lowest BCUT2D eigenvalue weighted by Gasteiger charge is -2.35. The number of sulfone groups is 1. The molecule has 200 valence electrons. The molecular weight excluding hydrogens is 509 g/mol. The number of pyridine rings is 1. The van der Waals surface area contributed by atoms with Gasteiger partial charge in [0.15, 0.2) is 5.78 Å². The van der Waals surface area contributed by atoms with Crippen LogP contribution in [0.25, 0.3) is 0 Å². The molecule has 7 nitrogen and oxygen atoms in total. The largest absolute Gasteiger partial charge is 0.478 e. The second-order valence-electron chi connectivity index (χ2n) is 10.3. The predicted molar refractivity (Wildman–Crippen MR) is 132 cm³/mol. The van der Waals surface area contributed by atoms with Crippen LogP contribution in [0.15, 0.2) is 24.4 Å². The Balaban J connectivity index is 1.74. The van der Waals surface area contributed by atoms with Crippen LogP contribution in [0.1, 0.15) is 61.5 Å². The average Bonchev–Trinajstić information content (AvgIpc) is 3.00. The maximum atomic E-state index is 15.4. The van der Waals surface area contributed by atoms with Crippen molar-refractivity contribution in [1.82, 2.24) is 4.98 Å². The highest BCUT2D eigenvalue weighted by Crippen LogP contribution is 2.48. The molecule has 1 aromatic heterocycles. The van der Waals surface area contributed by atoms with Gasteiger partial charge < -0.3 is 4.74 Å². The second-order valence-corrected chi connectivity index (χ2v) is 12.6. The number of alkyl halides is 2. The summed E-state index contributed by atoms with van der Waals surface area (Å²) in [6.07, 6.45) is -2.82. The maximum absolute atomic E-state index is 15.4. The topological polar surface area (TPSA) is 93.6 Å². The highest BCUT2D eigenvalue weighted by atomic mass is 32.2. The molecule has 0 spiro atoms. The molecule has 1 saturated heterocycles. The molecule has 37 heavy (non-hydrogen) atoms. The van der Waals surface area contributed by atoms with Gasteiger partial charge in [-0.3, -0.25) is 14.5 Å². The normalized spacial score (nSPS) is 19.7. The summed E-state index contributed by atoms with van der Waals surface area (Å²) in [7, 11) is -3.44. The van der Waals surface area contributed by atoms with Gasteiger partial charge in [-0.1, -0.05) is 0 Å². The van der Waals surface area contributed by atoms with Crippen LogP contribution in [-0.2, 0) is 20.0 Å². The minimum atomic E-state index is -3.44. The molecule has 0 atom stereocenters. The minimum Gasteiger partial charge on any atom is -0.478 e. The van der Waals surface area contributed by atoms with Crippen LogP contribution < -0.4 is 9.64 Å². The lowest BCUT2D eigenvalue weighted by atomic mass is 9.76. The van der Waals surface area contributed by atoms with E-state index in [-0.39, 0.29) is 24.4 Å². The first-order valence-electron chi connectivity index (χ1n) is 12.0. The Hall–Kier alpha value is -2.95. The lowest BCUT2D eigenvalue weighted by Crippen LogP contribution is -2.40. The molecule has 0 unspecified atom stereocenters. The number of carbonyl (C=O) groups is 2. The van der Waals surface area contributed by atoms with E-state index in [0.29, 0.717) is 29.3 Å². The number of carbonyl (C=O) groups excluding carboxylic acids is 2. The Kier molecular flexibility index (Phi) is 6.89. The number of hydrogen-bond acceptors (Lipinski definition) is 6. The SMILES string of the molecule is CCOc1cc(N2C(=O)C(C)(C)c3cc(C(=O)CC4(C(F)F)CCS(=O)(=O)CC4)c(F)cc32)c(C)cn1. The molecule has 0 N–H and O–H groups in total. The van der Waals surface area contributed by atoms with Gasteiger partial charge in [0.25, 0.3) is 0 Å². The van der Waals surface area contributed by atoms with Gasteiger partial charge in [-0.25, -0.2) is 26.6 Å². The molecule has 2 aliphatic rings. The van der Waals surface area contributed by atoms with Crippen LogP contribution in [0.4, 0.5) is 24.5 Å². The van der Waals surface area contributed by atoms with Gasteiger partial charge in [0.2, 0.25) is 18.2 Å². The van der Waals surface area contributed by atoms with Crippen molar-refractivity contribution < 1.29 is 35.9 Å². The quantitative estimate of drug-likeness (QED) is 0.465. The summed E-state index contributed by atoms with van der Waals surface area (Å²) in [6, 6.07) is 3.93. The Morgan fingerprint density at radius 1 is 1.16 bits per heavy atom. The Morgan fingerprint density at radius 2 is 1.81 bits per heavy atom. The summed E-state index contributed by atoms with van der Waals surface area (Å²) in [4.78, 5) is 32.2. The number of fused-ring (bicyclic) bond motifs is 1. The van der Waals surface area contributed by atoms with Gasteiger partial charge in [0.1, 0.15) is 15.7 Å². The van der Waals surface area contributed by atoms with E-state index in [2.05, 4.69) is 4.98 Å². The molecule has 0 saturated carbocycles. The zero-order valence-electron chi connectivity index (χ0n) is 21.1. The number of Topliss-reactive ketones (excluding diaryl/α,β-unsaturated/α-hetero) is 1. The second kappa shape index (κ2) is 9.41. The molecule has 4 rings (SSSR count). The number of rotatable bonds is 7. The van der Waals surface area contributed by atoms with Crippen LogP contribution in [-0.4, -0.2) is 49.6 Å². The van der Waals surface area contributed by atoms with E-state index in [9.17, 15) is 26.8 Å². The van der Waals surface area contributed by atoms with Crippen molar-refractivity contribution in [2.75, 3.05) is 23.0 Å². The number of aryl methyl sites for hydroxylation is 1. The van der Waals surface area contributed by atoms with Crippen molar-refractivity contribution >= 4 is 32.9 Å². The van der Waals surface area contributed by atoms with E-state index >= 15 is 4.39 Å². The Morgan fingerprint density at radius 3 is 2.41 bits per heavy atom. The predicted octanol–water partition coefficient (Wildman–Crippen LogP) is 4.92. The number of hydrogen-bond donors (Lipinski definition) is 0. The van der Waals surface area contributed by atoms with Gasteiger partial charge in [-0.2, -0.15) is 0 Å². The molecule has 2 aromatic rings. The Bertz CT molecular complexity index is 1360. The van der Waals surface area contributed by atoms with Crippen LogP contribution >= 0.6 is 0 Å². The van der Waals surface area contributed by atoms with Gasteiger partial charge in [-0.05, 0) is 63.8 Å². The van der Waals surface area contributed by atoms with Crippen molar-refractivity contribution in [3.8, 4) is 5.88 Å². The monoisotopic (exact) mass is 538 g/mol. The van der Waals surface area contributed by atoms with E-state index in [1.807, 2.05) is 0 Å². The number of amides is 1. The summed E-state index contributed by atoms with van der Waals surface area (Å²) in [5, 5.41) is 0. The summed E-state index contributed by atoms with van der Waals surface area (Å²) in [5.74, 6) is -2.74. The number of ether oxygens (including phenoxy) is 1.